The van der Waals surface area contributed by atoms with Crippen molar-refractivity contribution in [1.29, 1.82) is 0 Å². The van der Waals surface area contributed by atoms with Crippen molar-refractivity contribution in [1.82, 2.24) is 0 Å². The monoisotopic (exact) mass is 353 g/mol. The number of rotatable bonds is 4. The van der Waals surface area contributed by atoms with E-state index in [1.165, 1.54) is 0 Å². The van der Waals surface area contributed by atoms with Gasteiger partial charge in [-0.25, -0.2) is 0 Å². The smallest absolute Gasteiger partial charge is 0.0629 e. The van der Waals surface area contributed by atoms with Gasteiger partial charge in [0.25, 0.3) is 0 Å². The lowest BCUT2D eigenvalue weighted by atomic mass is 10.0. The lowest BCUT2D eigenvalue weighted by Crippen LogP contribution is -2.10. The Bertz CT molecular complexity index is 1210. The van der Waals surface area contributed by atoms with Crippen LogP contribution >= 0.6 is 0 Å². The highest BCUT2D eigenvalue weighted by Crippen LogP contribution is 2.34. The summed E-state index contributed by atoms with van der Waals surface area (Å²) in [5.74, 6) is 0. The normalized spacial score (nSPS) is 12.7. The average Bonchev–Trinajstić information content (AvgIpc) is 2.82. The molecule has 0 unspecified atom stereocenters. The molecule has 0 amide bonds. The highest BCUT2D eigenvalue weighted by atomic mass is 15.1. The zero-order valence-corrected chi connectivity index (χ0v) is 15.5. The van der Waals surface area contributed by atoms with Crippen LogP contribution in [0.3, 0.4) is 0 Å². The number of para-hydroxylation sites is 1. The van der Waals surface area contributed by atoms with Crippen molar-refractivity contribution in [2.45, 2.75) is 6.92 Å². The predicted molar refractivity (Wildman–Crippen MR) is 117 cm³/mol. The molecule has 0 radical (unpaired) electrons. The molecule has 0 N–H and O–H groups in total. The van der Waals surface area contributed by atoms with Crippen LogP contribution in [-0.2, 0) is 0 Å². The van der Waals surface area contributed by atoms with E-state index < -0.39 is 0 Å². The zero-order chi connectivity index (χ0) is 22.1. The Balaban J connectivity index is 1.73. The highest BCUT2D eigenvalue weighted by Gasteiger charge is 2.10. The highest BCUT2D eigenvalue weighted by molar-refractivity contribution is 5.82. The van der Waals surface area contributed by atoms with Crippen molar-refractivity contribution < 1.29 is 5.48 Å². The van der Waals surface area contributed by atoms with Crippen LogP contribution in [0.15, 0.2) is 103 Å². The Morgan fingerprint density at radius 2 is 1.26 bits per heavy atom. The Hall–Kier alpha value is -3.32. The van der Waals surface area contributed by atoms with Crippen LogP contribution in [0.25, 0.3) is 22.3 Å². The van der Waals surface area contributed by atoms with Gasteiger partial charge in [0.2, 0.25) is 0 Å². The molecular weight excluding hydrogens is 326 g/mol. The van der Waals surface area contributed by atoms with Crippen molar-refractivity contribution in [3.63, 3.8) is 0 Å². The van der Waals surface area contributed by atoms with Gasteiger partial charge in [0.05, 0.1) is 5.48 Å². The summed E-state index contributed by atoms with van der Waals surface area (Å²) in [4.78, 5) is 2.11. The van der Waals surface area contributed by atoms with Crippen LogP contribution in [0.5, 0.6) is 0 Å². The van der Waals surface area contributed by atoms with Gasteiger partial charge in [-0.2, -0.15) is 0 Å². The fraction of sp³-hybridized carbons (Fsp3) is 0.0769. The summed E-state index contributed by atoms with van der Waals surface area (Å²) in [5, 5.41) is 0. The molecule has 0 fully saturated rings. The minimum Gasteiger partial charge on any atom is -0.344 e. The van der Waals surface area contributed by atoms with Crippen LogP contribution < -0.4 is 4.90 Å². The molecule has 0 aliphatic carbocycles. The quantitative estimate of drug-likeness (QED) is 0.378. The molecule has 0 aromatic heterocycles. The summed E-state index contributed by atoms with van der Waals surface area (Å²) in [7, 11) is 2.01. The second-order valence-corrected chi connectivity index (χ2v) is 6.49. The molecule has 4 aromatic carbocycles. The van der Waals surface area contributed by atoms with Crippen LogP contribution in [0.2, 0.25) is 0 Å². The van der Waals surface area contributed by atoms with Gasteiger partial charge in [-0.15, -0.1) is 0 Å². The molecule has 0 spiro atoms. The fourth-order valence-electron chi connectivity index (χ4n) is 3.14. The predicted octanol–water partition coefficient (Wildman–Crippen LogP) is 7.10. The SMILES string of the molecule is [2H]c1c([2H])c(-c2ccc(N(C)c3ccccc3-c3ccccc3)cc2)c([2H])c([2H])c1C. The van der Waals surface area contributed by atoms with Crippen molar-refractivity contribution >= 4 is 11.4 Å². The zero-order valence-electron chi connectivity index (χ0n) is 19.5. The molecule has 1 nitrogen and oxygen atoms in total. The van der Waals surface area contributed by atoms with Gasteiger partial charge < -0.3 is 4.90 Å². The Morgan fingerprint density at radius 1 is 0.630 bits per heavy atom. The van der Waals surface area contributed by atoms with E-state index in [9.17, 15) is 0 Å². The summed E-state index contributed by atoms with van der Waals surface area (Å²) in [6, 6.07) is 26.1. The number of hydrogen-bond donors (Lipinski definition) is 0. The molecule has 0 aliphatic rings. The third-order valence-corrected chi connectivity index (χ3v) is 4.64. The van der Waals surface area contributed by atoms with Crippen molar-refractivity contribution in [3.8, 4) is 22.3 Å². The second-order valence-electron chi connectivity index (χ2n) is 6.49. The van der Waals surface area contributed by atoms with Crippen LogP contribution in [-0.4, -0.2) is 7.05 Å². The molecule has 0 aliphatic heterocycles. The molecule has 0 saturated carbocycles. The van der Waals surface area contributed by atoms with Gasteiger partial charge in [0.15, 0.2) is 0 Å². The molecule has 132 valence electrons. The van der Waals surface area contributed by atoms with E-state index in [1.54, 1.807) is 6.92 Å². The van der Waals surface area contributed by atoms with E-state index >= 15 is 0 Å². The van der Waals surface area contributed by atoms with Crippen LogP contribution in [0.4, 0.5) is 11.4 Å². The molecule has 4 rings (SSSR count). The molecule has 0 heterocycles. The molecule has 4 aromatic rings. The molecule has 1 heteroatoms. The first kappa shape index (κ1) is 12.9. The molecule has 0 saturated heterocycles. The summed E-state index contributed by atoms with van der Waals surface area (Å²) in [6.07, 6.45) is 0. The maximum absolute atomic E-state index is 8.31. The number of benzene rings is 4. The molecule has 0 atom stereocenters. The fourth-order valence-corrected chi connectivity index (χ4v) is 3.14. The maximum Gasteiger partial charge on any atom is 0.0629 e. The summed E-state index contributed by atoms with van der Waals surface area (Å²) < 4.78 is 32.8. The average molecular weight is 354 g/mol. The third-order valence-electron chi connectivity index (χ3n) is 4.64. The first-order valence-electron chi connectivity index (χ1n) is 11.0. The van der Waals surface area contributed by atoms with Gasteiger partial charge in [-0.1, -0.05) is 90.4 Å². The lowest BCUT2D eigenvalue weighted by molar-refractivity contribution is 1.21. The molecule has 0 bridgehead atoms. The van der Waals surface area contributed by atoms with E-state index in [4.69, 9.17) is 5.48 Å². The van der Waals surface area contributed by atoms with Crippen molar-refractivity contribution in [2.24, 2.45) is 0 Å². The minimum absolute atomic E-state index is 0.00553. The molecule has 27 heavy (non-hydrogen) atoms. The maximum atomic E-state index is 8.31. The largest absolute Gasteiger partial charge is 0.344 e. The van der Waals surface area contributed by atoms with Gasteiger partial charge in [-0.3, -0.25) is 0 Å². The van der Waals surface area contributed by atoms with Crippen molar-refractivity contribution in [2.75, 3.05) is 11.9 Å². The van der Waals surface area contributed by atoms with E-state index in [-0.39, 0.29) is 24.2 Å². The van der Waals surface area contributed by atoms with E-state index in [0.717, 1.165) is 22.5 Å². The Kier molecular flexibility index (Phi) is 3.60. The van der Waals surface area contributed by atoms with Gasteiger partial charge in [0, 0.05) is 24.0 Å². The third kappa shape index (κ3) is 3.63. The summed E-state index contributed by atoms with van der Waals surface area (Å²) >= 11 is 0. The molecular formula is C26H23N. The van der Waals surface area contributed by atoms with E-state index in [1.807, 2.05) is 61.6 Å². The van der Waals surface area contributed by atoms with E-state index in [0.29, 0.717) is 16.7 Å². The van der Waals surface area contributed by atoms with Crippen LogP contribution in [0, 0.1) is 6.92 Å². The topological polar surface area (TPSA) is 3.24 Å². The Labute approximate surface area is 167 Å². The van der Waals surface area contributed by atoms with Gasteiger partial charge in [0.1, 0.15) is 0 Å². The number of nitrogens with zero attached hydrogens (tertiary/aromatic N) is 1. The standard InChI is InChI=1S/C26H23N/c1-20-12-14-21(15-13-20)22-16-18-24(19-17-22)27(2)26-11-7-6-10-25(26)23-8-4-3-5-9-23/h3-19H,1-2H3/i12D,13D,14D,15D. The lowest BCUT2D eigenvalue weighted by Gasteiger charge is -2.23. The second kappa shape index (κ2) is 7.51. The summed E-state index contributed by atoms with van der Waals surface area (Å²) in [6.45, 7) is 1.62. The van der Waals surface area contributed by atoms with E-state index in [2.05, 4.69) is 29.2 Å². The number of anilines is 2. The van der Waals surface area contributed by atoms with Gasteiger partial charge >= 0.3 is 0 Å². The van der Waals surface area contributed by atoms with Gasteiger partial charge in [-0.05, 0) is 41.8 Å². The van der Waals surface area contributed by atoms with Crippen molar-refractivity contribution in [3.05, 3.63) is 109 Å². The first-order valence-corrected chi connectivity index (χ1v) is 8.95. The number of hydrogen-bond acceptors (Lipinski definition) is 1. The minimum atomic E-state index is -0.00553. The summed E-state index contributed by atoms with van der Waals surface area (Å²) in [5.41, 5.74) is 5.69. The van der Waals surface area contributed by atoms with Crippen LogP contribution in [0.1, 0.15) is 11.0 Å². The Morgan fingerprint density at radius 3 is 1.96 bits per heavy atom. The first-order chi connectivity index (χ1) is 14.9.